The number of hydrogen-bond acceptors (Lipinski definition) is 5. The minimum atomic E-state index is -0.648. The molecule has 2 aliphatic rings. The van der Waals surface area contributed by atoms with Gasteiger partial charge in [0.25, 0.3) is 0 Å². The quantitative estimate of drug-likeness (QED) is 0.855. The molecule has 1 atom stereocenters. The van der Waals surface area contributed by atoms with Crippen LogP contribution in [0.15, 0.2) is 0 Å². The van der Waals surface area contributed by atoms with Crippen LogP contribution in [0.5, 0.6) is 0 Å². The van der Waals surface area contributed by atoms with Gasteiger partial charge in [-0.2, -0.15) is 5.10 Å². The van der Waals surface area contributed by atoms with Crippen LogP contribution in [-0.2, 0) is 17.8 Å². The molecule has 0 saturated carbocycles. The van der Waals surface area contributed by atoms with Crippen LogP contribution in [-0.4, -0.2) is 48.9 Å². The lowest BCUT2D eigenvalue weighted by Crippen LogP contribution is -2.43. The smallest absolute Gasteiger partial charge is 0.244 e. The van der Waals surface area contributed by atoms with E-state index in [0.717, 1.165) is 67.5 Å². The number of rotatable bonds is 3. The normalized spacial score (nSPS) is 19.6. The molecule has 1 saturated heterocycles. The Kier molecular flexibility index (Phi) is 4.99. The van der Waals surface area contributed by atoms with Gasteiger partial charge in [-0.3, -0.25) is 9.89 Å². The molecular weight excluding hydrogens is 342 g/mol. The number of aromatic nitrogens is 5. The highest BCUT2D eigenvalue weighted by Gasteiger charge is 2.32. The zero-order chi connectivity index (χ0) is 19.0. The van der Waals surface area contributed by atoms with Gasteiger partial charge in [0, 0.05) is 43.2 Å². The fourth-order valence-corrected chi connectivity index (χ4v) is 4.51. The van der Waals surface area contributed by atoms with E-state index in [4.69, 9.17) is 5.73 Å². The van der Waals surface area contributed by atoms with E-state index in [1.165, 1.54) is 19.3 Å². The number of fused-ring (bicyclic) bond motifs is 1. The van der Waals surface area contributed by atoms with Gasteiger partial charge in [-0.25, -0.2) is 0 Å². The van der Waals surface area contributed by atoms with Crippen LogP contribution in [0, 0.1) is 13.8 Å². The number of carbonyl (C=O) groups is 1. The van der Waals surface area contributed by atoms with Crippen molar-refractivity contribution >= 4 is 5.91 Å². The summed E-state index contributed by atoms with van der Waals surface area (Å²) >= 11 is 0. The van der Waals surface area contributed by atoms with E-state index in [0.29, 0.717) is 5.92 Å². The first-order valence-corrected chi connectivity index (χ1v) is 10.0. The van der Waals surface area contributed by atoms with Crippen molar-refractivity contribution in [3.8, 4) is 0 Å². The number of H-pyrrole nitrogens is 1. The minimum Gasteiger partial charge on any atom is -0.341 e. The number of nitrogens with one attached hydrogen (secondary N) is 1. The third-order valence-corrected chi connectivity index (χ3v) is 6.07. The van der Waals surface area contributed by atoms with Crippen molar-refractivity contribution in [3.05, 3.63) is 28.6 Å². The van der Waals surface area contributed by atoms with E-state index >= 15 is 0 Å². The number of hydrogen-bond donors (Lipinski definition) is 2. The molecule has 0 spiro atoms. The highest BCUT2D eigenvalue weighted by atomic mass is 16.2. The van der Waals surface area contributed by atoms with E-state index in [1.807, 2.05) is 18.7 Å². The van der Waals surface area contributed by atoms with Gasteiger partial charge in [-0.05, 0) is 39.5 Å². The Hall–Kier alpha value is -2.22. The van der Waals surface area contributed by atoms with Gasteiger partial charge < -0.3 is 15.2 Å². The summed E-state index contributed by atoms with van der Waals surface area (Å²) in [6.07, 6.45) is 6.53. The highest BCUT2D eigenvalue weighted by molar-refractivity contribution is 5.83. The summed E-state index contributed by atoms with van der Waals surface area (Å²) in [6.45, 7) is 6.26. The average molecular weight is 371 g/mol. The SMILES string of the molecule is Cc1n[nH]c(C)c1[C@H](N)C(=O)N1CCC(c2nnc3n2CCCCC3)CC1. The van der Waals surface area contributed by atoms with Gasteiger partial charge in [0.1, 0.15) is 17.7 Å². The zero-order valence-corrected chi connectivity index (χ0v) is 16.2. The van der Waals surface area contributed by atoms with Crippen LogP contribution in [0.1, 0.15) is 72.7 Å². The predicted octanol–water partition coefficient (Wildman–Crippen LogP) is 1.75. The maximum Gasteiger partial charge on any atom is 0.244 e. The first-order valence-electron chi connectivity index (χ1n) is 10.0. The molecule has 146 valence electrons. The van der Waals surface area contributed by atoms with Crippen molar-refractivity contribution in [2.75, 3.05) is 13.1 Å². The van der Waals surface area contributed by atoms with Gasteiger partial charge >= 0.3 is 0 Å². The summed E-state index contributed by atoms with van der Waals surface area (Å²) in [5.41, 5.74) is 8.77. The minimum absolute atomic E-state index is 0.0128. The molecule has 2 aromatic heterocycles. The van der Waals surface area contributed by atoms with Crippen molar-refractivity contribution in [1.82, 2.24) is 29.9 Å². The van der Waals surface area contributed by atoms with Crippen LogP contribution in [0.25, 0.3) is 0 Å². The zero-order valence-electron chi connectivity index (χ0n) is 16.2. The van der Waals surface area contributed by atoms with Gasteiger partial charge in [-0.1, -0.05) is 6.42 Å². The van der Waals surface area contributed by atoms with E-state index in [1.54, 1.807) is 0 Å². The average Bonchev–Trinajstić information content (AvgIpc) is 3.14. The Balaban J connectivity index is 1.42. The highest BCUT2D eigenvalue weighted by Crippen LogP contribution is 2.30. The first kappa shape index (κ1) is 18.2. The maximum atomic E-state index is 12.9. The van der Waals surface area contributed by atoms with Gasteiger partial charge in [-0.15, -0.1) is 10.2 Å². The molecule has 2 aliphatic heterocycles. The van der Waals surface area contributed by atoms with E-state index in [-0.39, 0.29) is 5.91 Å². The molecule has 0 bridgehead atoms. The number of amides is 1. The number of piperidine rings is 1. The number of likely N-dealkylation sites (tertiary alicyclic amines) is 1. The molecule has 0 aliphatic carbocycles. The third kappa shape index (κ3) is 3.38. The molecule has 3 N–H and O–H groups in total. The Bertz CT molecular complexity index is 797. The molecular formula is C19H29N7O. The maximum absolute atomic E-state index is 12.9. The van der Waals surface area contributed by atoms with Crippen molar-refractivity contribution in [3.63, 3.8) is 0 Å². The number of aromatic amines is 1. The molecule has 8 nitrogen and oxygen atoms in total. The molecule has 4 rings (SSSR count). The van der Waals surface area contributed by atoms with E-state index in [2.05, 4.69) is 25.0 Å². The number of nitrogens with two attached hydrogens (primary N) is 1. The monoisotopic (exact) mass is 371 g/mol. The predicted molar refractivity (Wildman–Crippen MR) is 101 cm³/mol. The Labute approximate surface area is 159 Å². The Morgan fingerprint density at radius 2 is 1.93 bits per heavy atom. The molecule has 8 heteroatoms. The van der Waals surface area contributed by atoms with Crippen molar-refractivity contribution in [2.24, 2.45) is 5.73 Å². The Morgan fingerprint density at radius 3 is 2.63 bits per heavy atom. The number of aryl methyl sites for hydroxylation is 3. The fourth-order valence-electron chi connectivity index (χ4n) is 4.51. The number of nitrogens with zero attached hydrogens (tertiary/aromatic N) is 5. The van der Waals surface area contributed by atoms with Gasteiger partial charge in [0.2, 0.25) is 5.91 Å². The van der Waals surface area contributed by atoms with Crippen LogP contribution in [0.3, 0.4) is 0 Å². The van der Waals surface area contributed by atoms with Crippen LogP contribution >= 0.6 is 0 Å². The van der Waals surface area contributed by atoms with Crippen molar-refractivity contribution in [1.29, 1.82) is 0 Å². The molecule has 2 aromatic rings. The van der Waals surface area contributed by atoms with Crippen molar-refractivity contribution < 1.29 is 4.79 Å². The second-order valence-corrected chi connectivity index (χ2v) is 7.86. The second kappa shape index (κ2) is 7.42. The molecule has 0 unspecified atom stereocenters. The molecule has 0 radical (unpaired) electrons. The molecule has 27 heavy (non-hydrogen) atoms. The molecule has 0 aromatic carbocycles. The lowest BCUT2D eigenvalue weighted by Gasteiger charge is -2.33. The van der Waals surface area contributed by atoms with Crippen LogP contribution < -0.4 is 5.73 Å². The Morgan fingerprint density at radius 1 is 1.15 bits per heavy atom. The molecule has 4 heterocycles. The summed E-state index contributed by atoms with van der Waals surface area (Å²) in [4.78, 5) is 14.8. The number of carbonyl (C=O) groups excluding carboxylic acids is 1. The van der Waals surface area contributed by atoms with Gasteiger partial charge in [0.15, 0.2) is 0 Å². The largest absolute Gasteiger partial charge is 0.341 e. The molecule has 1 fully saturated rings. The fraction of sp³-hybridized carbons (Fsp3) is 0.684. The second-order valence-electron chi connectivity index (χ2n) is 7.86. The first-order chi connectivity index (χ1) is 13.1. The van der Waals surface area contributed by atoms with E-state index in [9.17, 15) is 4.79 Å². The third-order valence-electron chi connectivity index (χ3n) is 6.07. The molecule has 1 amide bonds. The lowest BCUT2D eigenvalue weighted by molar-refractivity contribution is -0.133. The van der Waals surface area contributed by atoms with E-state index < -0.39 is 6.04 Å². The van der Waals surface area contributed by atoms with Crippen LogP contribution in [0.2, 0.25) is 0 Å². The van der Waals surface area contributed by atoms with Crippen LogP contribution in [0.4, 0.5) is 0 Å². The summed E-state index contributed by atoms with van der Waals surface area (Å²) in [5.74, 6) is 2.61. The standard InChI is InChI=1S/C19H29N7O/c1-12-16(13(2)22-21-12)17(20)19(27)25-10-7-14(8-11-25)18-24-23-15-6-4-3-5-9-26(15)18/h14,17H,3-11,20H2,1-2H3,(H,21,22)/t17-/m0/s1. The summed E-state index contributed by atoms with van der Waals surface area (Å²) in [6, 6.07) is -0.648. The lowest BCUT2D eigenvalue weighted by atomic mass is 9.94. The van der Waals surface area contributed by atoms with Crippen molar-refractivity contribution in [2.45, 2.75) is 70.9 Å². The van der Waals surface area contributed by atoms with Gasteiger partial charge in [0.05, 0.1) is 5.69 Å². The summed E-state index contributed by atoms with van der Waals surface area (Å²) in [7, 11) is 0. The summed E-state index contributed by atoms with van der Waals surface area (Å²) in [5, 5.41) is 16.0. The summed E-state index contributed by atoms with van der Waals surface area (Å²) < 4.78 is 2.33. The topological polar surface area (TPSA) is 106 Å².